The number of para-hydroxylation sites is 3. The second kappa shape index (κ2) is 12.6. The number of benzene rings is 8. The Morgan fingerprint density at radius 1 is 0.333 bits per heavy atom. The van der Waals surface area contributed by atoms with E-state index in [-0.39, 0.29) is 0 Å². The van der Waals surface area contributed by atoms with Crippen LogP contribution >= 0.6 is 11.3 Å². The molecular weight excluding hydrogens is 715 g/mol. The molecule has 57 heavy (non-hydrogen) atoms. The molecule has 0 bridgehead atoms. The molecular formula is C51H31N5S. The zero-order chi connectivity index (χ0) is 37.5. The Kier molecular flexibility index (Phi) is 7.03. The standard InChI is InChI=1S/C51H31N5S/c1-3-14-32(15-4-1)49-52-50(35-17-13-16-33(30-35)34-26-29-46-42(31-34)39-22-9-12-25-45(39)57-46)54-51(53-49)56-44-24-11-8-21-38(44)41-28-27-40-37-20-7-10-23-43(37)55(47(40)48(41)56)36-18-5-2-6-19-36/h1-31H. The van der Waals surface area contributed by atoms with Crippen LogP contribution in [-0.2, 0) is 0 Å². The second-order valence-corrected chi connectivity index (χ2v) is 15.5. The van der Waals surface area contributed by atoms with E-state index in [1.54, 1.807) is 0 Å². The van der Waals surface area contributed by atoms with Gasteiger partial charge >= 0.3 is 0 Å². The summed E-state index contributed by atoms with van der Waals surface area (Å²) in [4.78, 5) is 15.9. The minimum atomic E-state index is 0.569. The Bertz CT molecular complexity index is 3520. The maximum Gasteiger partial charge on any atom is 0.238 e. The maximum atomic E-state index is 5.39. The van der Waals surface area contributed by atoms with Gasteiger partial charge in [0.15, 0.2) is 11.6 Å². The maximum absolute atomic E-state index is 5.39. The number of aromatic nitrogens is 5. The highest BCUT2D eigenvalue weighted by atomic mass is 32.1. The van der Waals surface area contributed by atoms with Gasteiger partial charge in [0.2, 0.25) is 5.95 Å². The number of fused-ring (bicyclic) bond motifs is 10. The van der Waals surface area contributed by atoms with Crippen molar-refractivity contribution in [2.45, 2.75) is 0 Å². The summed E-state index contributed by atoms with van der Waals surface area (Å²) in [5.41, 5.74) is 9.56. The third-order valence-corrected chi connectivity index (χ3v) is 12.3. The monoisotopic (exact) mass is 745 g/mol. The topological polar surface area (TPSA) is 48.5 Å². The third kappa shape index (κ3) is 4.98. The van der Waals surface area contributed by atoms with Crippen molar-refractivity contribution >= 4 is 75.1 Å². The van der Waals surface area contributed by atoms with Crippen LogP contribution < -0.4 is 0 Å². The predicted octanol–water partition coefficient (Wildman–Crippen LogP) is 13.4. The van der Waals surface area contributed by atoms with Crippen LogP contribution in [0.4, 0.5) is 0 Å². The SMILES string of the molecule is c1ccc(-c2nc(-c3cccc(-c4ccc5sc6ccccc6c5c4)c3)nc(-n3c4ccccc4c4ccc5c6ccccc6n(-c6ccccc6)c5c43)n2)cc1. The highest BCUT2D eigenvalue weighted by molar-refractivity contribution is 7.25. The summed E-state index contributed by atoms with van der Waals surface area (Å²) in [7, 11) is 0. The van der Waals surface area contributed by atoms with Gasteiger partial charge in [-0.2, -0.15) is 9.97 Å². The molecule has 0 amide bonds. The number of nitrogens with zero attached hydrogens (tertiary/aromatic N) is 5. The number of thiophene rings is 1. The van der Waals surface area contributed by atoms with Gasteiger partial charge in [0.25, 0.3) is 0 Å². The first-order valence-corrected chi connectivity index (χ1v) is 19.9. The lowest BCUT2D eigenvalue weighted by atomic mass is 10.0. The van der Waals surface area contributed by atoms with Gasteiger partial charge in [0.1, 0.15) is 0 Å². The van der Waals surface area contributed by atoms with Gasteiger partial charge in [0.05, 0.1) is 22.1 Å². The fourth-order valence-electron chi connectivity index (χ4n) is 8.61. The fourth-order valence-corrected chi connectivity index (χ4v) is 9.69. The number of hydrogen-bond acceptors (Lipinski definition) is 4. The van der Waals surface area contributed by atoms with Gasteiger partial charge in [-0.05, 0) is 59.7 Å². The molecule has 0 aliphatic heterocycles. The Labute approximate surface area is 331 Å². The van der Waals surface area contributed by atoms with Crippen LogP contribution in [0.1, 0.15) is 0 Å². The molecule has 5 nitrogen and oxygen atoms in total. The summed E-state index contributed by atoms with van der Waals surface area (Å²) in [6.45, 7) is 0. The largest absolute Gasteiger partial charge is 0.307 e. The third-order valence-electron chi connectivity index (χ3n) is 11.2. The molecule has 0 aliphatic rings. The Balaban J connectivity index is 1.14. The molecule has 6 heteroatoms. The number of hydrogen-bond donors (Lipinski definition) is 0. The Morgan fingerprint density at radius 3 is 1.63 bits per heavy atom. The van der Waals surface area contributed by atoms with Crippen molar-refractivity contribution in [3.63, 3.8) is 0 Å². The van der Waals surface area contributed by atoms with Gasteiger partial charge < -0.3 is 4.57 Å². The van der Waals surface area contributed by atoms with Crippen molar-refractivity contribution in [2.24, 2.45) is 0 Å². The van der Waals surface area contributed by atoms with Crippen molar-refractivity contribution in [3.05, 3.63) is 188 Å². The summed E-state index contributed by atoms with van der Waals surface area (Å²) in [6, 6.07) is 66.7. The van der Waals surface area contributed by atoms with Crippen LogP contribution in [0.25, 0.3) is 109 Å². The molecule has 0 N–H and O–H groups in total. The highest BCUT2D eigenvalue weighted by Gasteiger charge is 2.23. The van der Waals surface area contributed by atoms with Crippen molar-refractivity contribution in [3.8, 4) is 45.5 Å². The number of rotatable bonds is 5. The molecule has 12 rings (SSSR count). The van der Waals surface area contributed by atoms with Gasteiger partial charge in [-0.25, -0.2) is 4.98 Å². The predicted molar refractivity (Wildman–Crippen MR) is 238 cm³/mol. The highest BCUT2D eigenvalue weighted by Crippen LogP contribution is 2.42. The fraction of sp³-hybridized carbons (Fsp3) is 0. The lowest BCUT2D eigenvalue weighted by Gasteiger charge is -2.13. The quantitative estimate of drug-likeness (QED) is 0.176. The van der Waals surface area contributed by atoms with E-state index >= 15 is 0 Å². The van der Waals surface area contributed by atoms with Crippen molar-refractivity contribution in [1.29, 1.82) is 0 Å². The first-order chi connectivity index (χ1) is 28.3. The van der Waals surface area contributed by atoms with E-state index in [4.69, 9.17) is 15.0 Å². The normalized spacial score (nSPS) is 11.9. The van der Waals surface area contributed by atoms with Crippen molar-refractivity contribution in [2.75, 3.05) is 0 Å². The second-order valence-electron chi connectivity index (χ2n) is 14.4. The van der Waals surface area contributed by atoms with Gasteiger partial charge in [-0.1, -0.05) is 140 Å². The van der Waals surface area contributed by atoms with E-state index < -0.39 is 0 Å². The van der Waals surface area contributed by atoms with E-state index in [0.29, 0.717) is 17.6 Å². The van der Waals surface area contributed by atoms with E-state index in [2.05, 4.69) is 179 Å². The molecule has 4 aromatic heterocycles. The summed E-state index contributed by atoms with van der Waals surface area (Å²) < 4.78 is 7.23. The van der Waals surface area contributed by atoms with Crippen LogP contribution in [0.15, 0.2) is 188 Å². The van der Waals surface area contributed by atoms with Crippen LogP contribution in [-0.4, -0.2) is 24.1 Å². The molecule has 8 aromatic carbocycles. The smallest absolute Gasteiger partial charge is 0.238 e. The van der Waals surface area contributed by atoms with Gasteiger partial charge in [-0.15, -0.1) is 11.3 Å². The minimum absolute atomic E-state index is 0.569. The first kappa shape index (κ1) is 31.9. The summed E-state index contributed by atoms with van der Waals surface area (Å²) >= 11 is 1.84. The van der Waals surface area contributed by atoms with E-state index in [1.165, 1.54) is 30.9 Å². The molecule has 0 radical (unpaired) electrons. The van der Waals surface area contributed by atoms with Crippen molar-refractivity contribution in [1.82, 2.24) is 24.1 Å². The Morgan fingerprint density at radius 2 is 0.877 bits per heavy atom. The lowest BCUT2D eigenvalue weighted by Crippen LogP contribution is -2.07. The Hall–Kier alpha value is -7.41. The van der Waals surface area contributed by atoms with E-state index in [9.17, 15) is 0 Å². The van der Waals surface area contributed by atoms with E-state index in [0.717, 1.165) is 60.8 Å². The molecule has 0 unspecified atom stereocenters. The molecule has 0 saturated carbocycles. The molecule has 0 fully saturated rings. The van der Waals surface area contributed by atoms with Crippen LogP contribution in [0.5, 0.6) is 0 Å². The molecule has 0 saturated heterocycles. The molecule has 12 aromatic rings. The molecule has 0 aliphatic carbocycles. The summed E-state index contributed by atoms with van der Waals surface area (Å²) in [5, 5.41) is 7.21. The van der Waals surface area contributed by atoms with Crippen molar-refractivity contribution < 1.29 is 0 Å². The average molecular weight is 746 g/mol. The lowest BCUT2D eigenvalue weighted by molar-refractivity contribution is 0.953. The zero-order valence-electron chi connectivity index (χ0n) is 30.5. The van der Waals surface area contributed by atoms with Crippen LogP contribution in [0, 0.1) is 0 Å². The molecule has 4 heterocycles. The summed E-state index contributed by atoms with van der Waals surface area (Å²) in [6.07, 6.45) is 0. The van der Waals surface area contributed by atoms with Crippen LogP contribution in [0.3, 0.4) is 0 Å². The molecule has 266 valence electrons. The molecule has 0 spiro atoms. The van der Waals surface area contributed by atoms with Crippen LogP contribution in [0.2, 0.25) is 0 Å². The van der Waals surface area contributed by atoms with Gasteiger partial charge in [-0.3, -0.25) is 4.57 Å². The minimum Gasteiger partial charge on any atom is -0.307 e. The summed E-state index contributed by atoms with van der Waals surface area (Å²) in [5.74, 6) is 1.80. The van der Waals surface area contributed by atoms with Gasteiger partial charge in [0, 0.05) is 58.5 Å². The zero-order valence-corrected chi connectivity index (χ0v) is 31.4. The first-order valence-electron chi connectivity index (χ1n) is 19.1. The van der Waals surface area contributed by atoms with E-state index in [1.807, 2.05) is 29.5 Å². The molecule has 0 atom stereocenters. The average Bonchev–Trinajstić information content (AvgIpc) is 3.94.